The van der Waals surface area contributed by atoms with Crippen LogP contribution in [0.3, 0.4) is 0 Å². The Labute approximate surface area is 174 Å². The van der Waals surface area contributed by atoms with Gasteiger partial charge in [-0.25, -0.2) is 0 Å². The second kappa shape index (κ2) is 9.87. The van der Waals surface area contributed by atoms with Gasteiger partial charge in [-0.15, -0.1) is 0 Å². The van der Waals surface area contributed by atoms with E-state index in [2.05, 4.69) is 5.32 Å². The van der Waals surface area contributed by atoms with E-state index in [1.807, 2.05) is 18.2 Å². The highest BCUT2D eigenvalue weighted by Crippen LogP contribution is 2.37. The predicted octanol–water partition coefficient (Wildman–Crippen LogP) is 2.11. The molecule has 1 saturated carbocycles. The summed E-state index contributed by atoms with van der Waals surface area (Å²) < 4.78 is 4.95. The van der Waals surface area contributed by atoms with Gasteiger partial charge >= 0.3 is 5.97 Å². The topological polar surface area (TPSA) is 92.8 Å². The van der Waals surface area contributed by atoms with Crippen molar-refractivity contribution in [3.63, 3.8) is 0 Å². The average molecular weight is 421 g/mol. The lowest BCUT2D eigenvalue weighted by atomic mass is 9.81. The third kappa shape index (κ3) is 5.56. The molecule has 2 fully saturated rings. The van der Waals surface area contributed by atoms with E-state index in [1.54, 1.807) is 6.07 Å². The number of esters is 1. The first-order valence-corrected chi connectivity index (χ1v) is 10.4. The number of benzene rings is 1. The summed E-state index contributed by atoms with van der Waals surface area (Å²) in [4.78, 5) is 49.6. The van der Waals surface area contributed by atoms with Gasteiger partial charge in [0.05, 0.1) is 18.3 Å². The van der Waals surface area contributed by atoms with Crippen LogP contribution in [-0.4, -0.2) is 48.3 Å². The molecule has 2 aliphatic rings. The Balaban J connectivity index is 1.34. The number of nitrogens with zero attached hydrogens (tertiary/aromatic N) is 1. The molecule has 8 heteroatoms. The van der Waals surface area contributed by atoms with Gasteiger partial charge in [0.2, 0.25) is 11.8 Å². The molecule has 0 unspecified atom stereocenters. The Kier molecular flexibility index (Phi) is 7.25. The summed E-state index contributed by atoms with van der Waals surface area (Å²) in [7, 11) is 0. The highest BCUT2D eigenvalue weighted by Gasteiger charge is 2.47. The Hall–Kier alpha value is -2.41. The first kappa shape index (κ1) is 21.3. The third-order valence-electron chi connectivity index (χ3n) is 5.46. The van der Waals surface area contributed by atoms with Crippen LogP contribution in [0.4, 0.5) is 0 Å². The Morgan fingerprint density at radius 2 is 1.83 bits per heavy atom. The molecule has 0 bridgehead atoms. The normalized spacial score (nSPS) is 21.1. The SMILES string of the molecule is O=C(COC(=O)CCN1C(=O)[C@@H]2CCCC[C@H]2C1=O)NCCc1cccc(Cl)c1. The lowest BCUT2D eigenvalue weighted by Gasteiger charge is -2.19. The van der Waals surface area contributed by atoms with Gasteiger partial charge in [0.25, 0.3) is 5.91 Å². The second-order valence-corrected chi connectivity index (χ2v) is 7.90. The van der Waals surface area contributed by atoms with Gasteiger partial charge in [0, 0.05) is 18.1 Å². The van der Waals surface area contributed by atoms with Crippen molar-refractivity contribution in [1.29, 1.82) is 0 Å². The van der Waals surface area contributed by atoms with Crippen LogP contribution < -0.4 is 5.32 Å². The molecule has 0 spiro atoms. The van der Waals surface area contributed by atoms with Gasteiger partial charge < -0.3 is 10.1 Å². The molecule has 7 nitrogen and oxygen atoms in total. The number of hydrogen-bond acceptors (Lipinski definition) is 5. The van der Waals surface area contributed by atoms with Crippen LogP contribution in [0, 0.1) is 11.8 Å². The number of ether oxygens (including phenoxy) is 1. The lowest BCUT2D eigenvalue weighted by Crippen LogP contribution is -2.34. The summed E-state index contributed by atoms with van der Waals surface area (Å²) in [6.45, 7) is 0.0255. The number of amides is 3. The summed E-state index contributed by atoms with van der Waals surface area (Å²) in [6.07, 6.45) is 3.91. The molecule has 3 amide bonds. The third-order valence-corrected chi connectivity index (χ3v) is 5.70. The molecule has 1 aromatic carbocycles. The minimum absolute atomic E-state index is 0.0138. The van der Waals surface area contributed by atoms with Gasteiger partial charge in [-0.3, -0.25) is 24.1 Å². The second-order valence-electron chi connectivity index (χ2n) is 7.47. The number of hydrogen-bond donors (Lipinski definition) is 1. The van der Waals surface area contributed by atoms with E-state index in [4.69, 9.17) is 16.3 Å². The molecule has 1 heterocycles. The number of fused-ring (bicyclic) bond motifs is 1. The van der Waals surface area contributed by atoms with E-state index in [1.165, 1.54) is 4.90 Å². The smallest absolute Gasteiger partial charge is 0.308 e. The van der Waals surface area contributed by atoms with Crippen molar-refractivity contribution in [2.75, 3.05) is 19.7 Å². The number of carbonyl (C=O) groups excluding carboxylic acids is 4. The van der Waals surface area contributed by atoms with Gasteiger partial charge in [0.1, 0.15) is 0 Å². The summed E-state index contributed by atoms with van der Waals surface area (Å²) in [5, 5.41) is 3.31. The Bertz CT molecular complexity index is 773. The molecule has 0 aromatic heterocycles. The number of halogens is 1. The number of imide groups is 1. The molecule has 29 heavy (non-hydrogen) atoms. The number of likely N-dealkylation sites (tertiary alicyclic amines) is 1. The first-order chi connectivity index (χ1) is 14.0. The van der Waals surface area contributed by atoms with Crippen LogP contribution in [0.2, 0.25) is 5.02 Å². The van der Waals surface area contributed by atoms with E-state index in [-0.39, 0.29) is 43.2 Å². The molecule has 0 radical (unpaired) electrons. The summed E-state index contributed by atoms with van der Waals surface area (Å²) in [5.74, 6) is -1.81. The molecule has 1 aromatic rings. The van der Waals surface area contributed by atoms with Gasteiger partial charge in [-0.05, 0) is 37.0 Å². The van der Waals surface area contributed by atoms with Crippen molar-refractivity contribution < 1.29 is 23.9 Å². The Morgan fingerprint density at radius 1 is 1.14 bits per heavy atom. The molecule has 3 rings (SSSR count). The van der Waals surface area contributed by atoms with Crippen molar-refractivity contribution in [3.05, 3.63) is 34.9 Å². The van der Waals surface area contributed by atoms with Gasteiger partial charge in [-0.2, -0.15) is 0 Å². The number of nitrogens with one attached hydrogen (secondary N) is 1. The molecule has 2 atom stereocenters. The van der Waals surface area contributed by atoms with E-state index < -0.39 is 11.9 Å². The molecular formula is C21H25ClN2O5. The van der Waals surface area contributed by atoms with E-state index >= 15 is 0 Å². The minimum atomic E-state index is -0.606. The fourth-order valence-corrected chi connectivity index (χ4v) is 4.18. The fourth-order valence-electron chi connectivity index (χ4n) is 3.96. The highest BCUT2D eigenvalue weighted by molar-refractivity contribution is 6.30. The fraction of sp³-hybridized carbons (Fsp3) is 0.524. The molecule has 1 N–H and O–H groups in total. The van der Waals surface area contributed by atoms with E-state index in [0.717, 1.165) is 31.2 Å². The molecule has 1 aliphatic heterocycles. The van der Waals surface area contributed by atoms with Crippen LogP contribution in [0.25, 0.3) is 0 Å². The average Bonchev–Trinajstić information content (AvgIpc) is 2.95. The van der Waals surface area contributed by atoms with Crippen molar-refractivity contribution in [1.82, 2.24) is 10.2 Å². The van der Waals surface area contributed by atoms with Crippen molar-refractivity contribution in [2.45, 2.75) is 38.5 Å². The van der Waals surface area contributed by atoms with Crippen LogP contribution in [0.15, 0.2) is 24.3 Å². The number of rotatable bonds is 8. The molecular weight excluding hydrogens is 396 g/mol. The summed E-state index contributed by atoms with van der Waals surface area (Å²) >= 11 is 5.91. The van der Waals surface area contributed by atoms with Crippen LogP contribution in [-0.2, 0) is 30.3 Å². The zero-order valence-corrected chi connectivity index (χ0v) is 17.0. The monoisotopic (exact) mass is 420 g/mol. The molecule has 1 saturated heterocycles. The van der Waals surface area contributed by atoms with Crippen LogP contribution >= 0.6 is 11.6 Å². The maximum absolute atomic E-state index is 12.4. The first-order valence-electron chi connectivity index (χ1n) is 9.97. The summed E-state index contributed by atoms with van der Waals surface area (Å²) in [6, 6.07) is 7.35. The van der Waals surface area contributed by atoms with E-state index in [0.29, 0.717) is 18.0 Å². The largest absolute Gasteiger partial charge is 0.456 e. The van der Waals surface area contributed by atoms with Crippen LogP contribution in [0.5, 0.6) is 0 Å². The van der Waals surface area contributed by atoms with Crippen LogP contribution in [0.1, 0.15) is 37.7 Å². The zero-order chi connectivity index (χ0) is 20.8. The lowest BCUT2D eigenvalue weighted by molar-refractivity contribution is -0.149. The van der Waals surface area contributed by atoms with E-state index in [9.17, 15) is 19.2 Å². The predicted molar refractivity (Wildman–Crippen MR) is 106 cm³/mol. The van der Waals surface area contributed by atoms with Crippen molar-refractivity contribution in [2.24, 2.45) is 11.8 Å². The van der Waals surface area contributed by atoms with Gasteiger partial charge in [0.15, 0.2) is 6.61 Å². The van der Waals surface area contributed by atoms with Crippen molar-refractivity contribution in [3.8, 4) is 0 Å². The van der Waals surface area contributed by atoms with Gasteiger partial charge in [-0.1, -0.05) is 36.6 Å². The standard InChI is InChI=1S/C21H25ClN2O5/c22-15-5-3-4-14(12-15)8-10-23-18(25)13-29-19(26)9-11-24-20(27)16-6-1-2-7-17(16)21(24)28/h3-5,12,16-17H,1-2,6-11,13H2,(H,23,25)/t16-,17-/m1/s1. The maximum Gasteiger partial charge on any atom is 0.308 e. The highest BCUT2D eigenvalue weighted by atomic mass is 35.5. The molecule has 1 aliphatic carbocycles. The minimum Gasteiger partial charge on any atom is -0.456 e. The number of carbonyl (C=O) groups is 4. The zero-order valence-electron chi connectivity index (χ0n) is 16.2. The maximum atomic E-state index is 12.4. The quantitative estimate of drug-likeness (QED) is 0.513. The summed E-state index contributed by atoms with van der Waals surface area (Å²) in [5.41, 5.74) is 0.996. The van der Waals surface area contributed by atoms with Crippen molar-refractivity contribution >= 4 is 35.3 Å². The Morgan fingerprint density at radius 3 is 2.48 bits per heavy atom. The molecule has 156 valence electrons.